The van der Waals surface area contributed by atoms with E-state index in [1.165, 1.54) is 18.4 Å². The number of thiophene rings is 1. The second-order valence-corrected chi connectivity index (χ2v) is 10.5. The third kappa shape index (κ3) is 4.53. The van der Waals surface area contributed by atoms with Gasteiger partial charge in [-0.2, -0.15) is 30.6 Å². The predicted octanol–water partition coefficient (Wildman–Crippen LogP) is 6.13. The molecule has 0 saturated heterocycles. The summed E-state index contributed by atoms with van der Waals surface area (Å²) in [6, 6.07) is 7.64. The Morgan fingerprint density at radius 1 is 0.941 bits per heavy atom. The number of alkyl halides is 6. The van der Waals surface area contributed by atoms with E-state index in [2.05, 4.69) is 0 Å². The number of methoxy groups -OCH3 is 1. The van der Waals surface area contributed by atoms with E-state index >= 15 is 0 Å². The van der Waals surface area contributed by atoms with Crippen LogP contribution in [0.4, 0.5) is 26.3 Å². The molecule has 0 fully saturated rings. The molecule has 0 radical (unpaired) electrons. The molecular formula is C22H17F6NO3S2. The van der Waals surface area contributed by atoms with Crippen LogP contribution >= 0.6 is 11.3 Å². The molecule has 0 spiro atoms. The van der Waals surface area contributed by atoms with E-state index in [-0.39, 0.29) is 31.2 Å². The fourth-order valence-electron chi connectivity index (χ4n) is 3.89. The Balaban J connectivity index is 1.88. The van der Waals surface area contributed by atoms with Crippen molar-refractivity contribution >= 4 is 21.4 Å². The van der Waals surface area contributed by atoms with Crippen LogP contribution in [-0.4, -0.2) is 26.4 Å². The Hall–Kier alpha value is -2.57. The molecule has 0 bridgehead atoms. The summed E-state index contributed by atoms with van der Waals surface area (Å²) in [6.45, 7) is -0.107. The average Bonchev–Trinajstić information content (AvgIpc) is 3.26. The Morgan fingerprint density at radius 3 is 2.06 bits per heavy atom. The maximum absolute atomic E-state index is 13.6. The van der Waals surface area contributed by atoms with Gasteiger partial charge in [-0.15, -0.1) is 11.3 Å². The Kier molecular flexibility index (Phi) is 6.19. The van der Waals surface area contributed by atoms with Gasteiger partial charge in [0, 0.05) is 11.4 Å². The fraction of sp³-hybridized carbons (Fsp3) is 0.273. The molecule has 34 heavy (non-hydrogen) atoms. The van der Waals surface area contributed by atoms with Gasteiger partial charge in [-0.3, -0.25) is 0 Å². The van der Waals surface area contributed by atoms with Crippen molar-refractivity contribution in [1.82, 2.24) is 4.31 Å². The molecule has 0 saturated carbocycles. The van der Waals surface area contributed by atoms with Gasteiger partial charge in [-0.05, 0) is 59.3 Å². The zero-order chi connectivity index (χ0) is 24.9. The van der Waals surface area contributed by atoms with Gasteiger partial charge >= 0.3 is 12.4 Å². The molecule has 12 heteroatoms. The minimum atomic E-state index is -5.16. The summed E-state index contributed by atoms with van der Waals surface area (Å²) in [4.78, 5) is -0.167. The first-order valence-corrected chi connectivity index (χ1v) is 12.2. The largest absolute Gasteiger partial charge is 0.497 e. The third-order valence-corrected chi connectivity index (χ3v) is 8.36. The average molecular weight is 522 g/mol. The summed E-state index contributed by atoms with van der Waals surface area (Å²) in [7, 11) is -3.30. The second-order valence-electron chi connectivity index (χ2n) is 7.58. The van der Waals surface area contributed by atoms with Crippen LogP contribution in [0.5, 0.6) is 5.75 Å². The highest BCUT2D eigenvalue weighted by molar-refractivity contribution is 7.89. The second kappa shape index (κ2) is 8.58. The molecule has 2 heterocycles. The van der Waals surface area contributed by atoms with Crippen molar-refractivity contribution in [2.75, 3.05) is 13.7 Å². The lowest BCUT2D eigenvalue weighted by molar-refractivity contribution is -0.143. The summed E-state index contributed by atoms with van der Waals surface area (Å²) in [5, 5.41) is 1.77. The monoisotopic (exact) mass is 521 g/mol. The number of hydrogen-bond acceptors (Lipinski definition) is 4. The summed E-state index contributed by atoms with van der Waals surface area (Å²) < 4.78 is 113. The lowest BCUT2D eigenvalue weighted by Gasteiger charge is -2.35. The summed E-state index contributed by atoms with van der Waals surface area (Å²) in [5.41, 5.74) is -2.23. The lowest BCUT2D eigenvalue weighted by Crippen LogP contribution is -2.40. The van der Waals surface area contributed by atoms with Gasteiger partial charge in [-0.1, -0.05) is 12.1 Å². The maximum atomic E-state index is 13.6. The molecule has 0 amide bonds. The molecule has 182 valence electrons. The molecule has 1 aliphatic heterocycles. The Bertz CT molecular complexity index is 1270. The van der Waals surface area contributed by atoms with Gasteiger partial charge in [0.25, 0.3) is 0 Å². The minimum Gasteiger partial charge on any atom is -0.497 e. The van der Waals surface area contributed by atoms with Crippen LogP contribution in [-0.2, 0) is 28.8 Å². The molecule has 1 aromatic heterocycles. The van der Waals surface area contributed by atoms with Crippen molar-refractivity contribution in [2.45, 2.75) is 29.7 Å². The SMILES string of the molecule is COc1ccc(C2c3ccsc3CCN2S(=O)(=O)c2cc(C(F)(F)F)cc(C(F)(F)F)c2)cc1. The maximum Gasteiger partial charge on any atom is 0.416 e. The van der Waals surface area contributed by atoms with Crippen molar-refractivity contribution in [1.29, 1.82) is 0 Å². The molecule has 1 atom stereocenters. The first-order valence-electron chi connectivity index (χ1n) is 9.84. The minimum absolute atomic E-state index is 0.0901. The molecule has 4 nitrogen and oxygen atoms in total. The van der Waals surface area contributed by atoms with Crippen molar-refractivity contribution in [2.24, 2.45) is 0 Å². The topological polar surface area (TPSA) is 46.6 Å². The highest BCUT2D eigenvalue weighted by atomic mass is 32.2. The highest BCUT2D eigenvalue weighted by Crippen LogP contribution is 2.43. The van der Waals surface area contributed by atoms with Crippen LogP contribution < -0.4 is 4.74 Å². The first kappa shape index (κ1) is 24.6. The Morgan fingerprint density at radius 2 is 1.53 bits per heavy atom. The zero-order valence-electron chi connectivity index (χ0n) is 17.4. The standard InChI is InChI=1S/C22H17F6NO3S2/c1-32-16-4-2-13(3-5-16)20-18-7-9-33-19(18)6-8-29(20)34(30,31)17-11-14(21(23,24)25)10-15(12-17)22(26,27)28/h2-5,7,9-12,20H,6,8H2,1H3. The predicted molar refractivity (Wildman–Crippen MR) is 113 cm³/mol. The highest BCUT2D eigenvalue weighted by Gasteiger charge is 2.42. The smallest absolute Gasteiger partial charge is 0.416 e. The normalized spacial score (nSPS) is 17.4. The van der Waals surface area contributed by atoms with Crippen LogP contribution in [0.3, 0.4) is 0 Å². The van der Waals surface area contributed by atoms with E-state index in [4.69, 9.17) is 4.74 Å². The van der Waals surface area contributed by atoms with Crippen molar-refractivity contribution in [3.63, 3.8) is 0 Å². The van der Waals surface area contributed by atoms with Gasteiger partial charge in [0.1, 0.15) is 5.75 Å². The number of rotatable bonds is 4. The zero-order valence-corrected chi connectivity index (χ0v) is 19.1. The van der Waals surface area contributed by atoms with Crippen molar-refractivity contribution in [3.8, 4) is 5.75 Å². The van der Waals surface area contributed by atoms with Gasteiger partial charge in [0.2, 0.25) is 10.0 Å². The molecule has 3 aromatic rings. The van der Waals surface area contributed by atoms with E-state index < -0.39 is 44.4 Å². The number of sulfonamides is 1. The van der Waals surface area contributed by atoms with Gasteiger partial charge in [-0.25, -0.2) is 8.42 Å². The first-order chi connectivity index (χ1) is 15.8. The fourth-order valence-corrected chi connectivity index (χ4v) is 6.47. The van der Waals surface area contributed by atoms with Crippen LogP contribution in [0.25, 0.3) is 0 Å². The number of nitrogens with zero attached hydrogens (tertiary/aromatic N) is 1. The lowest BCUT2D eigenvalue weighted by atomic mass is 9.95. The van der Waals surface area contributed by atoms with Crippen LogP contribution in [0, 0.1) is 0 Å². The molecule has 0 aliphatic carbocycles. The number of benzene rings is 2. The van der Waals surface area contributed by atoms with E-state index in [1.807, 2.05) is 0 Å². The van der Waals surface area contributed by atoms with E-state index in [0.717, 1.165) is 9.18 Å². The van der Waals surface area contributed by atoms with Crippen LogP contribution in [0.1, 0.15) is 33.2 Å². The van der Waals surface area contributed by atoms with Crippen molar-refractivity contribution in [3.05, 3.63) is 81.0 Å². The number of hydrogen-bond donors (Lipinski definition) is 0. The quantitative estimate of drug-likeness (QED) is 0.388. The number of ether oxygens (including phenoxy) is 1. The van der Waals surface area contributed by atoms with Gasteiger partial charge in [0.15, 0.2) is 0 Å². The van der Waals surface area contributed by atoms with Gasteiger partial charge < -0.3 is 4.74 Å². The molecule has 1 aliphatic rings. The van der Waals surface area contributed by atoms with E-state index in [0.29, 0.717) is 16.9 Å². The van der Waals surface area contributed by atoms with Crippen LogP contribution in [0.15, 0.2) is 58.8 Å². The summed E-state index contributed by atoms with van der Waals surface area (Å²) in [6.07, 6.45) is -10.0. The number of fused-ring (bicyclic) bond motifs is 1. The molecular weight excluding hydrogens is 504 g/mol. The number of halogens is 6. The molecule has 4 rings (SSSR count). The molecule has 0 N–H and O–H groups in total. The van der Waals surface area contributed by atoms with Crippen molar-refractivity contribution < 1.29 is 39.5 Å². The summed E-state index contributed by atoms with van der Waals surface area (Å²) in [5.74, 6) is 0.507. The Labute approximate surface area is 195 Å². The molecule has 2 aromatic carbocycles. The third-order valence-electron chi connectivity index (χ3n) is 5.52. The van der Waals surface area contributed by atoms with E-state index in [1.54, 1.807) is 35.7 Å². The van der Waals surface area contributed by atoms with Gasteiger partial charge in [0.05, 0.1) is 29.2 Å². The van der Waals surface area contributed by atoms with Crippen LogP contribution in [0.2, 0.25) is 0 Å². The molecule has 1 unspecified atom stereocenters. The van der Waals surface area contributed by atoms with E-state index in [9.17, 15) is 34.8 Å². The summed E-state index contributed by atoms with van der Waals surface area (Å²) >= 11 is 1.41.